The summed E-state index contributed by atoms with van der Waals surface area (Å²) in [6, 6.07) is 7.98. The molecule has 1 atom stereocenters. The van der Waals surface area contributed by atoms with Gasteiger partial charge in [0.1, 0.15) is 17.9 Å². The summed E-state index contributed by atoms with van der Waals surface area (Å²) in [6.45, 7) is 1.06. The van der Waals surface area contributed by atoms with Gasteiger partial charge in [0.2, 0.25) is 5.91 Å². The largest absolute Gasteiger partial charge is 0.586 e. The van der Waals surface area contributed by atoms with E-state index in [9.17, 15) is 27.6 Å². The number of imide groups is 1. The molecule has 4 rings (SSSR count). The van der Waals surface area contributed by atoms with Crippen molar-refractivity contribution in [2.45, 2.75) is 25.2 Å². The second-order valence-electron chi connectivity index (χ2n) is 6.96. The predicted octanol–water partition coefficient (Wildman–Crippen LogP) is 2.94. The standard InChI is InChI=1S/C20H16F3N3O5/c1-2-19(11-3-5-12(21)6-4-11)17(28)26(18(29)25-19)10-16(27)24-13-7-8-14-15(9-13)31-20(22,23)30-14/h3-9H,2,10H2,1H3,(H,24,27)(H,25,29). The Bertz CT molecular complexity index is 1080. The van der Waals surface area contributed by atoms with Crippen molar-refractivity contribution in [3.05, 3.63) is 53.8 Å². The summed E-state index contributed by atoms with van der Waals surface area (Å²) in [5, 5.41) is 5.00. The highest BCUT2D eigenvalue weighted by Crippen LogP contribution is 2.42. The number of urea groups is 1. The van der Waals surface area contributed by atoms with Crippen LogP contribution < -0.4 is 20.1 Å². The zero-order chi connectivity index (χ0) is 22.4. The van der Waals surface area contributed by atoms with Gasteiger partial charge >= 0.3 is 12.3 Å². The second-order valence-corrected chi connectivity index (χ2v) is 6.96. The number of benzene rings is 2. The summed E-state index contributed by atoms with van der Waals surface area (Å²) in [5.74, 6) is -2.35. The van der Waals surface area contributed by atoms with Crippen LogP contribution in [0.25, 0.3) is 0 Å². The van der Waals surface area contributed by atoms with Gasteiger partial charge in [0.05, 0.1) is 0 Å². The van der Waals surface area contributed by atoms with Gasteiger partial charge < -0.3 is 20.1 Å². The van der Waals surface area contributed by atoms with E-state index in [1.165, 1.54) is 36.4 Å². The highest BCUT2D eigenvalue weighted by atomic mass is 19.3. The first-order valence-electron chi connectivity index (χ1n) is 9.23. The Kier molecular flexibility index (Phi) is 4.75. The number of rotatable bonds is 5. The van der Waals surface area contributed by atoms with Crippen molar-refractivity contribution in [1.29, 1.82) is 0 Å². The maximum absolute atomic E-state index is 13.3. The van der Waals surface area contributed by atoms with Crippen LogP contribution in [0.5, 0.6) is 11.5 Å². The second kappa shape index (κ2) is 7.18. The number of hydrogen-bond donors (Lipinski definition) is 2. The first-order valence-corrected chi connectivity index (χ1v) is 9.23. The topological polar surface area (TPSA) is 97.0 Å². The normalized spacial score (nSPS) is 21.2. The summed E-state index contributed by atoms with van der Waals surface area (Å²) in [4.78, 5) is 38.6. The van der Waals surface area contributed by atoms with Crippen molar-refractivity contribution in [3.63, 3.8) is 0 Å². The smallest absolute Gasteiger partial charge is 0.395 e. The fourth-order valence-corrected chi connectivity index (χ4v) is 3.51. The summed E-state index contributed by atoms with van der Waals surface area (Å²) in [7, 11) is 0. The quantitative estimate of drug-likeness (QED) is 0.704. The average molecular weight is 435 g/mol. The molecule has 0 radical (unpaired) electrons. The molecule has 1 saturated heterocycles. The van der Waals surface area contributed by atoms with Gasteiger partial charge in [-0.2, -0.15) is 0 Å². The van der Waals surface area contributed by atoms with E-state index < -0.39 is 42.0 Å². The molecular formula is C20H16F3N3O5. The van der Waals surface area contributed by atoms with Crippen LogP contribution in [0.3, 0.4) is 0 Å². The zero-order valence-corrected chi connectivity index (χ0v) is 16.1. The number of ether oxygens (including phenoxy) is 2. The first-order chi connectivity index (χ1) is 14.6. The summed E-state index contributed by atoms with van der Waals surface area (Å²) in [5.41, 5.74) is -0.929. The molecule has 8 nitrogen and oxygen atoms in total. The van der Waals surface area contributed by atoms with Crippen LogP contribution in [0.4, 0.5) is 23.7 Å². The predicted molar refractivity (Wildman–Crippen MR) is 99.9 cm³/mol. The minimum absolute atomic E-state index is 0.109. The summed E-state index contributed by atoms with van der Waals surface area (Å²) < 4.78 is 48.1. The molecule has 0 spiro atoms. The molecule has 0 saturated carbocycles. The van der Waals surface area contributed by atoms with E-state index in [-0.39, 0.29) is 23.6 Å². The van der Waals surface area contributed by atoms with Gasteiger partial charge in [0.25, 0.3) is 5.91 Å². The molecule has 2 aromatic carbocycles. The van der Waals surface area contributed by atoms with Crippen LogP contribution in [-0.2, 0) is 15.1 Å². The van der Waals surface area contributed by atoms with Crippen molar-refractivity contribution < 1.29 is 37.0 Å². The maximum atomic E-state index is 13.3. The Labute approximate surface area is 173 Å². The first kappa shape index (κ1) is 20.5. The summed E-state index contributed by atoms with van der Waals surface area (Å²) in [6.07, 6.45) is -3.62. The molecule has 0 aliphatic carbocycles. The third kappa shape index (κ3) is 3.62. The molecule has 11 heteroatoms. The molecule has 4 amide bonds. The number of carbonyl (C=O) groups excluding carboxylic acids is 3. The van der Waals surface area contributed by atoms with Crippen molar-refractivity contribution in [2.75, 3.05) is 11.9 Å². The van der Waals surface area contributed by atoms with Crippen molar-refractivity contribution in [3.8, 4) is 11.5 Å². The average Bonchev–Trinajstić information content (AvgIpc) is 3.15. The Balaban J connectivity index is 1.48. The van der Waals surface area contributed by atoms with Crippen molar-refractivity contribution >= 4 is 23.5 Å². The number of fused-ring (bicyclic) bond motifs is 1. The fraction of sp³-hybridized carbons (Fsp3) is 0.250. The number of anilines is 1. The third-order valence-corrected chi connectivity index (χ3v) is 5.03. The minimum Gasteiger partial charge on any atom is -0.395 e. The summed E-state index contributed by atoms with van der Waals surface area (Å²) >= 11 is 0. The van der Waals surface area contributed by atoms with Gasteiger partial charge in [-0.05, 0) is 36.2 Å². The Morgan fingerprint density at radius 1 is 1.10 bits per heavy atom. The number of alkyl halides is 2. The lowest BCUT2D eigenvalue weighted by Crippen LogP contribution is -2.44. The molecule has 1 unspecified atom stereocenters. The number of halogens is 3. The van der Waals surface area contributed by atoms with E-state index in [0.717, 1.165) is 11.0 Å². The third-order valence-electron chi connectivity index (χ3n) is 5.03. The minimum atomic E-state index is -3.80. The fourth-order valence-electron chi connectivity index (χ4n) is 3.51. The molecule has 1 fully saturated rings. The molecule has 2 heterocycles. The maximum Gasteiger partial charge on any atom is 0.586 e. The number of carbonyl (C=O) groups is 3. The van der Waals surface area contributed by atoms with Crippen LogP contribution in [0.2, 0.25) is 0 Å². The van der Waals surface area contributed by atoms with E-state index in [2.05, 4.69) is 20.1 Å². The molecule has 2 aliphatic heterocycles. The van der Waals surface area contributed by atoms with Crippen LogP contribution in [0, 0.1) is 5.82 Å². The van der Waals surface area contributed by atoms with E-state index >= 15 is 0 Å². The van der Waals surface area contributed by atoms with Gasteiger partial charge in [-0.3, -0.25) is 14.5 Å². The molecule has 2 aliphatic rings. The van der Waals surface area contributed by atoms with Crippen LogP contribution in [0.15, 0.2) is 42.5 Å². The highest BCUT2D eigenvalue weighted by Gasteiger charge is 2.51. The van der Waals surface area contributed by atoms with E-state index in [4.69, 9.17) is 0 Å². The zero-order valence-electron chi connectivity index (χ0n) is 16.1. The molecule has 162 valence electrons. The Morgan fingerprint density at radius 2 is 1.77 bits per heavy atom. The lowest BCUT2D eigenvalue weighted by Gasteiger charge is -2.25. The highest BCUT2D eigenvalue weighted by molar-refractivity contribution is 6.10. The number of amides is 4. The lowest BCUT2D eigenvalue weighted by atomic mass is 9.87. The van der Waals surface area contributed by atoms with Crippen LogP contribution in [0.1, 0.15) is 18.9 Å². The van der Waals surface area contributed by atoms with Crippen LogP contribution >= 0.6 is 0 Å². The van der Waals surface area contributed by atoms with Gasteiger partial charge in [-0.1, -0.05) is 19.1 Å². The molecule has 31 heavy (non-hydrogen) atoms. The van der Waals surface area contributed by atoms with E-state index in [1.54, 1.807) is 6.92 Å². The van der Waals surface area contributed by atoms with Gasteiger partial charge in [-0.15, -0.1) is 8.78 Å². The lowest BCUT2D eigenvalue weighted by molar-refractivity contribution is -0.286. The molecule has 2 N–H and O–H groups in total. The van der Waals surface area contributed by atoms with E-state index in [1.807, 2.05) is 0 Å². The molecule has 0 aromatic heterocycles. The number of nitrogens with one attached hydrogen (secondary N) is 2. The number of nitrogens with zero attached hydrogens (tertiary/aromatic N) is 1. The van der Waals surface area contributed by atoms with Gasteiger partial charge in [-0.25, -0.2) is 9.18 Å². The number of hydrogen-bond acceptors (Lipinski definition) is 5. The monoisotopic (exact) mass is 435 g/mol. The molecule has 0 bridgehead atoms. The Hall–Kier alpha value is -3.76. The Morgan fingerprint density at radius 3 is 2.45 bits per heavy atom. The van der Waals surface area contributed by atoms with E-state index in [0.29, 0.717) is 5.56 Å². The van der Waals surface area contributed by atoms with Crippen LogP contribution in [-0.4, -0.2) is 35.6 Å². The van der Waals surface area contributed by atoms with Gasteiger partial charge in [0, 0.05) is 11.8 Å². The van der Waals surface area contributed by atoms with Crippen molar-refractivity contribution in [1.82, 2.24) is 10.2 Å². The SMILES string of the molecule is CCC1(c2ccc(F)cc2)NC(=O)N(CC(=O)Nc2ccc3c(c2)OC(F)(F)O3)C1=O. The molecule has 2 aromatic rings. The molecular weight excluding hydrogens is 419 g/mol. The van der Waals surface area contributed by atoms with Crippen molar-refractivity contribution in [2.24, 2.45) is 0 Å². The van der Waals surface area contributed by atoms with Gasteiger partial charge in [0.15, 0.2) is 11.5 Å².